The van der Waals surface area contributed by atoms with Crippen molar-refractivity contribution in [1.29, 1.82) is 0 Å². The standard InChI is InChI=1S/C12H17NO2S/c1-9-3-4-11(7-10(9)2)13-12(15)8-16-6-5-14/h3-4,7,14H,5-6,8H2,1-2H3,(H,13,15). The lowest BCUT2D eigenvalue weighted by molar-refractivity contribution is -0.113. The number of benzene rings is 1. The molecular weight excluding hydrogens is 222 g/mol. The van der Waals surface area contributed by atoms with Gasteiger partial charge in [0.2, 0.25) is 5.91 Å². The molecule has 16 heavy (non-hydrogen) atoms. The first-order valence-corrected chi connectivity index (χ1v) is 6.34. The molecule has 0 spiro atoms. The van der Waals surface area contributed by atoms with Crippen LogP contribution in [-0.4, -0.2) is 29.1 Å². The van der Waals surface area contributed by atoms with Gasteiger partial charge < -0.3 is 10.4 Å². The number of nitrogens with one attached hydrogen (secondary N) is 1. The molecule has 0 radical (unpaired) electrons. The number of hydrogen-bond donors (Lipinski definition) is 2. The van der Waals surface area contributed by atoms with E-state index in [4.69, 9.17) is 5.11 Å². The summed E-state index contributed by atoms with van der Waals surface area (Å²) in [6.07, 6.45) is 0. The second-order valence-electron chi connectivity index (χ2n) is 3.62. The Kier molecular flexibility index (Phi) is 5.35. The first-order valence-electron chi connectivity index (χ1n) is 5.19. The van der Waals surface area contributed by atoms with Gasteiger partial charge in [0.25, 0.3) is 0 Å². The van der Waals surface area contributed by atoms with Gasteiger partial charge in [-0.15, -0.1) is 11.8 Å². The zero-order valence-electron chi connectivity index (χ0n) is 9.62. The number of hydrogen-bond acceptors (Lipinski definition) is 3. The number of aliphatic hydroxyl groups excluding tert-OH is 1. The second kappa shape index (κ2) is 6.55. The molecule has 1 rings (SSSR count). The largest absolute Gasteiger partial charge is 0.396 e. The summed E-state index contributed by atoms with van der Waals surface area (Å²) in [7, 11) is 0. The van der Waals surface area contributed by atoms with Gasteiger partial charge in [-0.2, -0.15) is 0 Å². The van der Waals surface area contributed by atoms with Crippen LogP contribution >= 0.6 is 11.8 Å². The van der Waals surface area contributed by atoms with Crippen molar-refractivity contribution in [3.8, 4) is 0 Å². The Bertz CT molecular complexity index is 366. The van der Waals surface area contributed by atoms with Crippen molar-refractivity contribution in [1.82, 2.24) is 0 Å². The van der Waals surface area contributed by atoms with Gasteiger partial charge in [-0.25, -0.2) is 0 Å². The monoisotopic (exact) mass is 239 g/mol. The lowest BCUT2D eigenvalue weighted by Crippen LogP contribution is -2.14. The maximum Gasteiger partial charge on any atom is 0.234 e. The molecule has 1 aromatic rings. The Morgan fingerprint density at radius 3 is 2.75 bits per heavy atom. The fourth-order valence-corrected chi connectivity index (χ4v) is 1.78. The van der Waals surface area contributed by atoms with Gasteiger partial charge in [0.1, 0.15) is 0 Å². The molecule has 4 heteroatoms. The molecule has 0 fully saturated rings. The fraction of sp³-hybridized carbons (Fsp3) is 0.417. The summed E-state index contributed by atoms with van der Waals surface area (Å²) in [6.45, 7) is 4.17. The lowest BCUT2D eigenvalue weighted by Gasteiger charge is -2.07. The van der Waals surface area contributed by atoms with Gasteiger partial charge in [-0.1, -0.05) is 6.07 Å². The number of aliphatic hydroxyl groups is 1. The normalized spacial score (nSPS) is 10.2. The van der Waals surface area contributed by atoms with E-state index in [1.807, 2.05) is 32.0 Å². The van der Waals surface area contributed by atoms with Gasteiger partial charge in [-0.3, -0.25) is 4.79 Å². The molecule has 0 saturated carbocycles. The smallest absolute Gasteiger partial charge is 0.234 e. The average Bonchev–Trinajstić information content (AvgIpc) is 2.24. The summed E-state index contributed by atoms with van der Waals surface area (Å²) in [5.74, 6) is 0.954. The summed E-state index contributed by atoms with van der Waals surface area (Å²) in [5, 5.41) is 11.4. The van der Waals surface area contributed by atoms with Crippen LogP contribution in [0.15, 0.2) is 18.2 Å². The third-order valence-corrected chi connectivity index (χ3v) is 3.20. The molecule has 0 unspecified atom stereocenters. The fourth-order valence-electron chi connectivity index (χ4n) is 1.25. The zero-order valence-corrected chi connectivity index (χ0v) is 10.4. The highest BCUT2D eigenvalue weighted by Crippen LogP contribution is 2.14. The van der Waals surface area contributed by atoms with E-state index in [0.29, 0.717) is 11.5 Å². The highest BCUT2D eigenvalue weighted by molar-refractivity contribution is 7.99. The van der Waals surface area contributed by atoms with Gasteiger partial charge in [0.05, 0.1) is 12.4 Å². The summed E-state index contributed by atoms with van der Waals surface area (Å²) in [4.78, 5) is 11.5. The van der Waals surface area contributed by atoms with Crippen molar-refractivity contribution in [3.05, 3.63) is 29.3 Å². The predicted molar refractivity (Wildman–Crippen MR) is 69.0 cm³/mol. The van der Waals surface area contributed by atoms with Crippen molar-refractivity contribution < 1.29 is 9.90 Å². The van der Waals surface area contributed by atoms with E-state index < -0.39 is 0 Å². The van der Waals surface area contributed by atoms with Crippen LogP contribution in [0.5, 0.6) is 0 Å². The van der Waals surface area contributed by atoms with Crippen LogP contribution in [0.25, 0.3) is 0 Å². The molecule has 1 amide bonds. The Morgan fingerprint density at radius 1 is 1.38 bits per heavy atom. The maximum atomic E-state index is 11.5. The minimum absolute atomic E-state index is 0.0262. The Hall–Kier alpha value is -1.00. The molecule has 0 aromatic heterocycles. The quantitative estimate of drug-likeness (QED) is 0.772. The van der Waals surface area contributed by atoms with Crippen molar-refractivity contribution in [3.63, 3.8) is 0 Å². The number of amides is 1. The Morgan fingerprint density at radius 2 is 2.12 bits per heavy atom. The molecule has 0 heterocycles. The van der Waals surface area contributed by atoms with Crippen LogP contribution < -0.4 is 5.32 Å². The number of aryl methyl sites for hydroxylation is 2. The van der Waals surface area contributed by atoms with Crippen molar-refractivity contribution >= 4 is 23.4 Å². The molecule has 0 aliphatic heterocycles. The molecule has 3 nitrogen and oxygen atoms in total. The third kappa shape index (κ3) is 4.24. The minimum Gasteiger partial charge on any atom is -0.396 e. The number of thioether (sulfide) groups is 1. The Labute approximate surface area is 100 Å². The second-order valence-corrected chi connectivity index (χ2v) is 4.73. The van der Waals surface area contributed by atoms with Gasteiger partial charge in [0.15, 0.2) is 0 Å². The zero-order chi connectivity index (χ0) is 12.0. The maximum absolute atomic E-state index is 11.5. The molecule has 2 N–H and O–H groups in total. The minimum atomic E-state index is -0.0262. The number of carbonyl (C=O) groups excluding carboxylic acids is 1. The predicted octanol–water partition coefficient (Wildman–Crippen LogP) is 1.97. The van der Waals surface area contributed by atoms with E-state index in [1.165, 1.54) is 22.9 Å². The topological polar surface area (TPSA) is 49.3 Å². The highest BCUT2D eigenvalue weighted by Gasteiger charge is 2.03. The van der Waals surface area contributed by atoms with Crippen LogP contribution in [0, 0.1) is 13.8 Å². The van der Waals surface area contributed by atoms with E-state index in [9.17, 15) is 4.79 Å². The van der Waals surface area contributed by atoms with Crippen LogP contribution in [0.4, 0.5) is 5.69 Å². The lowest BCUT2D eigenvalue weighted by atomic mass is 10.1. The number of anilines is 1. The van der Waals surface area contributed by atoms with E-state index in [1.54, 1.807) is 0 Å². The van der Waals surface area contributed by atoms with Crippen molar-refractivity contribution in [2.24, 2.45) is 0 Å². The van der Waals surface area contributed by atoms with Crippen LogP contribution in [-0.2, 0) is 4.79 Å². The summed E-state index contributed by atoms with van der Waals surface area (Å²) < 4.78 is 0. The van der Waals surface area contributed by atoms with Crippen LogP contribution in [0.3, 0.4) is 0 Å². The average molecular weight is 239 g/mol. The summed E-state index contributed by atoms with van der Waals surface area (Å²) in [5.41, 5.74) is 3.21. The molecule has 88 valence electrons. The number of carbonyl (C=O) groups is 1. The van der Waals surface area contributed by atoms with Crippen LogP contribution in [0.1, 0.15) is 11.1 Å². The van der Waals surface area contributed by atoms with E-state index >= 15 is 0 Å². The van der Waals surface area contributed by atoms with Crippen molar-refractivity contribution in [2.75, 3.05) is 23.4 Å². The molecule has 1 aromatic carbocycles. The molecule has 0 aliphatic rings. The first kappa shape index (κ1) is 13.1. The summed E-state index contributed by atoms with van der Waals surface area (Å²) in [6, 6.07) is 5.85. The first-order chi connectivity index (χ1) is 7.63. The molecular formula is C12H17NO2S. The van der Waals surface area contributed by atoms with Gasteiger partial charge >= 0.3 is 0 Å². The molecule has 0 saturated heterocycles. The van der Waals surface area contributed by atoms with E-state index in [2.05, 4.69) is 5.32 Å². The molecule has 0 aliphatic carbocycles. The van der Waals surface area contributed by atoms with E-state index in [-0.39, 0.29) is 12.5 Å². The van der Waals surface area contributed by atoms with Crippen LogP contribution in [0.2, 0.25) is 0 Å². The summed E-state index contributed by atoms with van der Waals surface area (Å²) >= 11 is 1.43. The van der Waals surface area contributed by atoms with Crippen molar-refractivity contribution in [2.45, 2.75) is 13.8 Å². The third-order valence-electron chi connectivity index (χ3n) is 2.26. The molecule has 0 bridgehead atoms. The molecule has 0 atom stereocenters. The van der Waals surface area contributed by atoms with Gasteiger partial charge in [0, 0.05) is 11.4 Å². The number of rotatable bonds is 5. The SMILES string of the molecule is Cc1ccc(NC(=O)CSCCO)cc1C. The van der Waals surface area contributed by atoms with E-state index in [0.717, 1.165) is 5.69 Å². The Balaban J connectivity index is 2.46. The van der Waals surface area contributed by atoms with Gasteiger partial charge in [-0.05, 0) is 37.1 Å². The highest BCUT2D eigenvalue weighted by atomic mass is 32.2.